The van der Waals surface area contributed by atoms with Crippen LogP contribution in [0.1, 0.15) is 29.3 Å². The van der Waals surface area contributed by atoms with Gasteiger partial charge in [0.25, 0.3) is 5.54 Å². The molecular weight excluding hydrogens is 358 g/mol. The number of piperidine rings is 1. The second-order valence-electron chi connectivity index (χ2n) is 7.13. The average molecular weight is 377 g/mol. The average Bonchev–Trinajstić information content (AvgIpc) is 2.60. The van der Waals surface area contributed by atoms with Gasteiger partial charge in [-0.3, -0.25) is 29.9 Å². The Bertz CT molecular complexity index is 842. The highest BCUT2D eigenvalue weighted by Crippen LogP contribution is 2.53. The van der Waals surface area contributed by atoms with Gasteiger partial charge in [-0.05, 0) is 6.92 Å². The number of ketones is 2. The van der Waals surface area contributed by atoms with E-state index in [0.717, 1.165) is 0 Å². The number of aliphatic hydroxyl groups excluding tert-OH is 1. The largest absolute Gasteiger partial charge is 0.395 e. The van der Waals surface area contributed by atoms with Crippen molar-refractivity contribution in [2.24, 2.45) is 5.92 Å². The summed E-state index contributed by atoms with van der Waals surface area (Å²) >= 11 is 0. The summed E-state index contributed by atoms with van der Waals surface area (Å²) < 4.78 is 0. The summed E-state index contributed by atoms with van der Waals surface area (Å²) in [7, 11) is 0. The third-order valence-electron chi connectivity index (χ3n) is 5.67. The quantitative estimate of drug-likeness (QED) is 0.549. The van der Waals surface area contributed by atoms with Crippen molar-refractivity contribution >= 4 is 11.6 Å². The van der Waals surface area contributed by atoms with Crippen LogP contribution in [0, 0.1) is 26.1 Å². The Morgan fingerprint density at radius 2 is 1.81 bits per heavy atom. The van der Waals surface area contributed by atoms with Crippen LogP contribution in [0.5, 0.6) is 0 Å². The third kappa shape index (κ3) is 2.47. The van der Waals surface area contributed by atoms with E-state index in [-0.39, 0.29) is 37.4 Å². The molecule has 144 valence electrons. The SMILES string of the molecule is CC(=O)CC1C2([N+](=O)[O-])CN(CCO)CC1([N+](=O)[O-])c1ccccc1C2=O. The maximum atomic E-state index is 13.2. The summed E-state index contributed by atoms with van der Waals surface area (Å²) in [6.45, 7) is 0.176. The van der Waals surface area contributed by atoms with Crippen molar-refractivity contribution in [2.45, 2.75) is 24.4 Å². The summed E-state index contributed by atoms with van der Waals surface area (Å²) in [5.41, 5.74) is -4.27. The minimum Gasteiger partial charge on any atom is -0.395 e. The van der Waals surface area contributed by atoms with E-state index in [9.17, 15) is 34.9 Å². The van der Waals surface area contributed by atoms with Crippen LogP contribution in [-0.2, 0) is 10.3 Å². The monoisotopic (exact) mass is 377 g/mol. The second-order valence-corrected chi connectivity index (χ2v) is 7.13. The number of carbonyl (C=O) groups is 2. The Balaban J connectivity index is 2.39. The Hall–Kier alpha value is -2.72. The van der Waals surface area contributed by atoms with Crippen molar-refractivity contribution in [1.82, 2.24) is 4.90 Å². The zero-order valence-corrected chi connectivity index (χ0v) is 14.7. The number of nitrogens with zero attached hydrogens (tertiary/aromatic N) is 3. The highest BCUT2D eigenvalue weighted by molar-refractivity contribution is 6.06. The summed E-state index contributed by atoms with van der Waals surface area (Å²) in [6.07, 6.45) is -0.449. The van der Waals surface area contributed by atoms with Gasteiger partial charge in [0.15, 0.2) is 0 Å². The number of aliphatic hydroxyl groups is 1. The number of rotatable bonds is 6. The lowest BCUT2D eigenvalue weighted by atomic mass is 9.56. The minimum atomic E-state index is -2.32. The van der Waals surface area contributed by atoms with Crippen molar-refractivity contribution in [3.8, 4) is 0 Å². The molecule has 1 saturated heterocycles. The molecule has 0 radical (unpaired) electrons. The number of Topliss-reactive ketones (excluding diaryl/α,β-unsaturated/α-hetero) is 2. The number of likely N-dealkylation sites (tertiary alicyclic amines) is 1. The van der Waals surface area contributed by atoms with Crippen molar-refractivity contribution in [3.05, 3.63) is 55.6 Å². The van der Waals surface area contributed by atoms with Crippen molar-refractivity contribution in [1.29, 1.82) is 0 Å². The van der Waals surface area contributed by atoms with E-state index >= 15 is 0 Å². The zero-order chi connectivity index (χ0) is 20.0. The zero-order valence-electron chi connectivity index (χ0n) is 14.7. The van der Waals surface area contributed by atoms with E-state index in [1.54, 1.807) is 0 Å². The van der Waals surface area contributed by atoms with Gasteiger partial charge in [-0.25, -0.2) is 0 Å². The van der Waals surface area contributed by atoms with Crippen LogP contribution >= 0.6 is 0 Å². The minimum absolute atomic E-state index is 0.0469. The molecule has 27 heavy (non-hydrogen) atoms. The van der Waals surface area contributed by atoms with Gasteiger partial charge in [-0.1, -0.05) is 24.3 Å². The maximum Gasteiger partial charge on any atom is 0.306 e. The molecule has 1 aliphatic heterocycles. The molecule has 10 heteroatoms. The molecule has 0 spiro atoms. The highest BCUT2D eigenvalue weighted by atomic mass is 16.6. The second kappa shape index (κ2) is 6.46. The van der Waals surface area contributed by atoms with E-state index < -0.39 is 44.8 Å². The van der Waals surface area contributed by atoms with E-state index in [0.29, 0.717) is 0 Å². The molecule has 1 aromatic rings. The number of hydrogen-bond donors (Lipinski definition) is 1. The molecule has 0 aromatic heterocycles. The molecule has 3 rings (SSSR count). The first-order chi connectivity index (χ1) is 12.7. The van der Waals surface area contributed by atoms with Crippen LogP contribution in [0.2, 0.25) is 0 Å². The fraction of sp³-hybridized carbons (Fsp3) is 0.529. The van der Waals surface area contributed by atoms with Crippen LogP contribution in [0.25, 0.3) is 0 Å². The van der Waals surface area contributed by atoms with Crippen LogP contribution in [0.3, 0.4) is 0 Å². The van der Waals surface area contributed by atoms with E-state index in [4.69, 9.17) is 0 Å². The number of β-amino-alcohol motifs (C(OH)–C–C–N with tert-alkyl or cyclic N) is 1. The Morgan fingerprint density at radius 1 is 1.22 bits per heavy atom. The summed E-state index contributed by atoms with van der Waals surface area (Å²) in [5.74, 6) is -2.69. The molecular formula is C17H19N3O7. The normalized spacial score (nSPS) is 29.9. The molecule has 0 amide bonds. The van der Waals surface area contributed by atoms with Crippen LogP contribution < -0.4 is 0 Å². The van der Waals surface area contributed by atoms with E-state index in [2.05, 4.69) is 0 Å². The molecule has 0 saturated carbocycles. The number of carbonyl (C=O) groups excluding carboxylic acids is 2. The van der Waals surface area contributed by atoms with Crippen LogP contribution in [0.4, 0.5) is 0 Å². The standard InChI is InChI=1S/C17H19N3O7/c1-11(22)8-14-16(19(24)25)9-18(6-7-21)10-17(14,20(26)27)15(23)12-4-2-3-5-13(12)16/h2-5,14,21H,6-10H2,1H3. The fourth-order valence-electron chi connectivity index (χ4n) is 4.62. The lowest BCUT2D eigenvalue weighted by Crippen LogP contribution is -2.75. The first-order valence-corrected chi connectivity index (χ1v) is 8.47. The summed E-state index contributed by atoms with van der Waals surface area (Å²) in [4.78, 5) is 49.6. The first-order valence-electron chi connectivity index (χ1n) is 8.47. The lowest BCUT2D eigenvalue weighted by Gasteiger charge is -2.50. The van der Waals surface area contributed by atoms with Crippen molar-refractivity contribution < 1.29 is 24.5 Å². The molecule has 10 nitrogen and oxygen atoms in total. The fourth-order valence-corrected chi connectivity index (χ4v) is 4.62. The first kappa shape index (κ1) is 19.1. The molecule has 1 heterocycles. The van der Waals surface area contributed by atoms with Crippen LogP contribution in [0.15, 0.2) is 24.3 Å². The predicted octanol–water partition coefficient (Wildman–Crippen LogP) is 0.274. The van der Waals surface area contributed by atoms with E-state index in [1.165, 1.54) is 36.1 Å². The molecule has 3 unspecified atom stereocenters. The lowest BCUT2D eigenvalue weighted by molar-refractivity contribution is -0.640. The number of fused-ring (bicyclic) bond motifs is 4. The van der Waals surface area contributed by atoms with Crippen molar-refractivity contribution in [3.63, 3.8) is 0 Å². The summed E-state index contributed by atoms with van der Waals surface area (Å²) in [6, 6.07) is 5.83. The van der Waals surface area contributed by atoms with Crippen LogP contribution in [-0.4, -0.2) is 63.2 Å². The Kier molecular flexibility index (Phi) is 4.56. The molecule has 1 aromatic carbocycles. The van der Waals surface area contributed by atoms with Gasteiger partial charge < -0.3 is 9.90 Å². The molecule has 1 fully saturated rings. The van der Waals surface area contributed by atoms with Gasteiger partial charge in [-0.2, -0.15) is 0 Å². The smallest absolute Gasteiger partial charge is 0.306 e. The van der Waals surface area contributed by atoms with E-state index in [1.807, 2.05) is 0 Å². The van der Waals surface area contributed by atoms with Gasteiger partial charge in [-0.15, -0.1) is 0 Å². The third-order valence-corrected chi connectivity index (χ3v) is 5.67. The Morgan fingerprint density at radius 3 is 2.37 bits per heavy atom. The van der Waals surface area contributed by atoms with Gasteiger partial charge >= 0.3 is 5.54 Å². The van der Waals surface area contributed by atoms with Crippen molar-refractivity contribution in [2.75, 3.05) is 26.2 Å². The number of nitro groups is 2. The molecule has 1 N–H and O–H groups in total. The molecule has 2 bridgehead atoms. The topological polar surface area (TPSA) is 144 Å². The maximum absolute atomic E-state index is 13.2. The summed E-state index contributed by atoms with van der Waals surface area (Å²) in [5, 5.41) is 33.8. The predicted molar refractivity (Wildman–Crippen MR) is 91.5 cm³/mol. The number of benzene rings is 1. The van der Waals surface area contributed by atoms with Gasteiger partial charge in [0.1, 0.15) is 11.7 Å². The van der Waals surface area contributed by atoms with Gasteiger partial charge in [0, 0.05) is 33.9 Å². The molecule has 3 atom stereocenters. The molecule has 2 aliphatic rings. The Labute approximate surface area is 154 Å². The van der Waals surface area contributed by atoms with Gasteiger partial charge in [0.2, 0.25) is 5.78 Å². The number of hydrogen-bond acceptors (Lipinski definition) is 8. The van der Waals surface area contributed by atoms with Gasteiger partial charge in [0.05, 0.1) is 19.7 Å². The molecule has 1 aliphatic carbocycles. The highest BCUT2D eigenvalue weighted by Gasteiger charge is 2.77.